The molecule has 0 aliphatic heterocycles. The molecule has 4 nitrogen and oxygen atoms in total. The molecule has 0 aliphatic carbocycles. The highest BCUT2D eigenvalue weighted by molar-refractivity contribution is 7.91. The van der Waals surface area contributed by atoms with E-state index in [1.165, 1.54) is 7.11 Å². The zero-order valence-corrected chi connectivity index (χ0v) is 12.7. The van der Waals surface area contributed by atoms with Gasteiger partial charge < -0.3 is 10.1 Å². The van der Waals surface area contributed by atoms with Gasteiger partial charge in [0, 0.05) is 6.04 Å². The van der Waals surface area contributed by atoms with Gasteiger partial charge in [0.1, 0.15) is 5.75 Å². The molecule has 19 heavy (non-hydrogen) atoms. The number of sulfone groups is 1. The summed E-state index contributed by atoms with van der Waals surface area (Å²) in [4.78, 5) is 0.337. The third-order valence-electron chi connectivity index (χ3n) is 3.27. The molecular formula is C14H23NO3S. The largest absolute Gasteiger partial charge is 0.497 e. The quantitative estimate of drug-likeness (QED) is 0.796. The summed E-state index contributed by atoms with van der Waals surface area (Å²) in [6, 6.07) is 7.03. The predicted octanol–water partition coefficient (Wildman–Crippen LogP) is 2.25. The van der Waals surface area contributed by atoms with Crippen LogP contribution in [0.1, 0.15) is 26.2 Å². The lowest BCUT2D eigenvalue weighted by atomic mass is 10.1. The van der Waals surface area contributed by atoms with Crippen molar-refractivity contribution < 1.29 is 13.2 Å². The minimum absolute atomic E-state index is 0.179. The monoisotopic (exact) mass is 285 g/mol. The molecule has 0 bridgehead atoms. The van der Waals surface area contributed by atoms with Gasteiger partial charge in [-0.2, -0.15) is 0 Å². The van der Waals surface area contributed by atoms with E-state index in [0.717, 1.165) is 12.8 Å². The number of benzene rings is 1. The van der Waals surface area contributed by atoms with Crippen molar-refractivity contribution in [1.82, 2.24) is 5.32 Å². The van der Waals surface area contributed by atoms with Crippen molar-refractivity contribution in [3.8, 4) is 5.75 Å². The molecule has 1 rings (SSSR count). The number of rotatable bonds is 8. The van der Waals surface area contributed by atoms with Gasteiger partial charge in [-0.25, -0.2) is 8.42 Å². The third kappa shape index (κ3) is 4.84. The van der Waals surface area contributed by atoms with Gasteiger partial charge in [-0.15, -0.1) is 0 Å². The Hall–Kier alpha value is -1.07. The molecule has 5 heteroatoms. The predicted molar refractivity (Wildman–Crippen MR) is 77.4 cm³/mol. The van der Waals surface area contributed by atoms with E-state index in [1.54, 1.807) is 24.3 Å². The van der Waals surface area contributed by atoms with Gasteiger partial charge in [0.2, 0.25) is 0 Å². The molecule has 1 aromatic carbocycles. The highest BCUT2D eigenvalue weighted by Gasteiger charge is 2.15. The Bertz CT molecular complexity index is 481. The lowest BCUT2D eigenvalue weighted by Gasteiger charge is -2.13. The molecule has 0 saturated heterocycles. The maximum atomic E-state index is 12.2. The van der Waals surface area contributed by atoms with E-state index in [1.807, 2.05) is 7.05 Å². The topological polar surface area (TPSA) is 55.4 Å². The van der Waals surface area contributed by atoms with Crippen molar-refractivity contribution >= 4 is 9.84 Å². The van der Waals surface area contributed by atoms with Gasteiger partial charge in [0.15, 0.2) is 9.84 Å². The molecule has 0 fully saturated rings. The highest BCUT2D eigenvalue weighted by Crippen LogP contribution is 2.19. The molecule has 1 unspecified atom stereocenters. The van der Waals surface area contributed by atoms with Gasteiger partial charge in [0.25, 0.3) is 0 Å². The van der Waals surface area contributed by atoms with Crippen LogP contribution in [-0.4, -0.2) is 34.4 Å². The molecule has 0 aromatic heterocycles. The summed E-state index contributed by atoms with van der Waals surface area (Å²) in [5.74, 6) is 0.751. The number of ether oxygens (including phenoxy) is 1. The third-order valence-corrected chi connectivity index (χ3v) is 5.07. The summed E-state index contributed by atoms with van der Waals surface area (Å²) in [6.07, 6.45) is 2.55. The summed E-state index contributed by atoms with van der Waals surface area (Å²) in [5.41, 5.74) is 0. The molecule has 1 N–H and O–H groups in total. The second-order valence-electron chi connectivity index (χ2n) is 4.53. The zero-order valence-electron chi connectivity index (χ0n) is 11.8. The Labute approximate surface area is 116 Å². The van der Waals surface area contributed by atoms with Crippen LogP contribution in [0.3, 0.4) is 0 Å². The molecular weight excluding hydrogens is 262 g/mol. The lowest BCUT2D eigenvalue weighted by Crippen LogP contribution is -2.24. The number of hydrogen-bond acceptors (Lipinski definition) is 4. The first kappa shape index (κ1) is 16.0. The van der Waals surface area contributed by atoms with Crippen molar-refractivity contribution in [1.29, 1.82) is 0 Å². The van der Waals surface area contributed by atoms with Crippen molar-refractivity contribution in [3.63, 3.8) is 0 Å². The normalized spacial score (nSPS) is 13.2. The first-order valence-electron chi connectivity index (χ1n) is 6.57. The lowest BCUT2D eigenvalue weighted by molar-refractivity contribution is 0.413. The molecule has 0 heterocycles. The molecule has 0 spiro atoms. The van der Waals surface area contributed by atoms with Crippen molar-refractivity contribution in [2.75, 3.05) is 19.9 Å². The molecule has 0 aliphatic rings. The summed E-state index contributed by atoms with van der Waals surface area (Å²) < 4.78 is 29.4. The van der Waals surface area contributed by atoms with Crippen LogP contribution < -0.4 is 10.1 Å². The maximum Gasteiger partial charge on any atom is 0.178 e. The first-order chi connectivity index (χ1) is 9.03. The average Bonchev–Trinajstić information content (AvgIpc) is 2.43. The fourth-order valence-corrected chi connectivity index (χ4v) is 3.35. The molecule has 0 saturated carbocycles. The van der Waals surface area contributed by atoms with Crippen LogP contribution in [0.5, 0.6) is 5.75 Å². The van der Waals surface area contributed by atoms with Crippen LogP contribution in [0.4, 0.5) is 0 Å². The van der Waals surface area contributed by atoms with Crippen molar-refractivity contribution in [2.45, 2.75) is 37.1 Å². The standard InChI is InChI=1S/C14H23NO3S/c1-4-12(15-2)7-6-10-19(16,17)14-9-5-8-13(11-14)18-3/h5,8-9,11-12,15H,4,6-7,10H2,1-3H3. The Morgan fingerprint density at radius 2 is 2.11 bits per heavy atom. The van der Waals surface area contributed by atoms with Gasteiger partial charge in [-0.1, -0.05) is 13.0 Å². The fraction of sp³-hybridized carbons (Fsp3) is 0.571. The van der Waals surface area contributed by atoms with E-state index in [2.05, 4.69) is 12.2 Å². The summed E-state index contributed by atoms with van der Waals surface area (Å²) in [5, 5.41) is 3.18. The molecule has 108 valence electrons. The number of nitrogens with one attached hydrogen (secondary N) is 1. The summed E-state index contributed by atoms with van der Waals surface area (Å²) in [7, 11) is 0.227. The van der Waals surface area contributed by atoms with Crippen molar-refractivity contribution in [2.24, 2.45) is 0 Å². The van der Waals surface area contributed by atoms with E-state index in [9.17, 15) is 8.42 Å². The van der Waals surface area contributed by atoms with Gasteiger partial charge >= 0.3 is 0 Å². The SMILES string of the molecule is CCC(CCCS(=O)(=O)c1cccc(OC)c1)NC. The number of methoxy groups -OCH3 is 1. The van der Waals surface area contributed by atoms with Gasteiger partial charge in [-0.3, -0.25) is 0 Å². The Kier molecular flexibility index (Phi) is 6.31. The van der Waals surface area contributed by atoms with E-state index in [-0.39, 0.29) is 5.75 Å². The van der Waals surface area contributed by atoms with Crippen LogP contribution in [0.25, 0.3) is 0 Å². The van der Waals surface area contributed by atoms with E-state index < -0.39 is 9.84 Å². The molecule has 1 atom stereocenters. The first-order valence-corrected chi connectivity index (χ1v) is 8.22. The van der Waals surface area contributed by atoms with Gasteiger partial charge in [-0.05, 0) is 44.5 Å². The molecule has 0 radical (unpaired) electrons. The molecule has 1 aromatic rings. The van der Waals surface area contributed by atoms with Crippen molar-refractivity contribution in [3.05, 3.63) is 24.3 Å². The smallest absolute Gasteiger partial charge is 0.178 e. The van der Waals surface area contributed by atoms with Gasteiger partial charge in [0.05, 0.1) is 17.8 Å². The van der Waals surface area contributed by atoms with E-state index in [4.69, 9.17) is 4.74 Å². The summed E-state index contributed by atoms with van der Waals surface area (Å²) in [6.45, 7) is 2.09. The summed E-state index contributed by atoms with van der Waals surface area (Å²) >= 11 is 0. The maximum absolute atomic E-state index is 12.2. The van der Waals surface area contributed by atoms with Crippen LogP contribution in [0.15, 0.2) is 29.2 Å². The number of hydrogen-bond donors (Lipinski definition) is 1. The Morgan fingerprint density at radius 1 is 1.37 bits per heavy atom. The average molecular weight is 285 g/mol. The Morgan fingerprint density at radius 3 is 2.68 bits per heavy atom. The zero-order chi connectivity index (χ0) is 14.3. The molecule has 0 amide bonds. The minimum Gasteiger partial charge on any atom is -0.497 e. The van der Waals surface area contributed by atoms with E-state index >= 15 is 0 Å². The van der Waals surface area contributed by atoms with E-state index in [0.29, 0.717) is 23.1 Å². The minimum atomic E-state index is -3.21. The van der Waals surface area contributed by atoms with Crippen LogP contribution in [-0.2, 0) is 9.84 Å². The highest BCUT2D eigenvalue weighted by atomic mass is 32.2. The van der Waals surface area contributed by atoms with Crippen LogP contribution in [0.2, 0.25) is 0 Å². The second-order valence-corrected chi connectivity index (χ2v) is 6.64. The fourth-order valence-electron chi connectivity index (χ4n) is 1.98. The Balaban J connectivity index is 2.65. The van der Waals surface area contributed by atoms with Crippen LogP contribution >= 0.6 is 0 Å². The second kappa shape index (κ2) is 7.50. The van der Waals surface area contributed by atoms with Crippen LogP contribution in [0, 0.1) is 0 Å².